The van der Waals surface area contributed by atoms with Gasteiger partial charge >= 0.3 is 0 Å². The molecule has 2 N–H and O–H groups in total. The lowest BCUT2D eigenvalue weighted by atomic mass is 9.55. The normalized spacial score (nSPS) is 33.0. The Kier molecular flexibility index (Phi) is 5.85. The van der Waals surface area contributed by atoms with Gasteiger partial charge in [-0.3, -0.25) is 0 Å². The van der Waals surface area contributed by atoms with E-state index in [4.69, 9.17) is 10.5 Å². The van der Waals surface area contributed by atoms with Crippen molar-refractivity contribution < 1.29 is 4.74 Å². The average molecular weight is 383 g/mol. The molecule has 3 aliphatic rings. The first-order valence-electron chi connectivity index (χ1n) is 11.3. The van der Waals surface area contributed by atoms with Crippen molar-refractivity contribution in [3.63, 3.8) is 0 Å². The minimum atomic E-state index is 0.402. The standard InChI is InChI=1S/C25H38N2O/c1-25-13-11-22-21-9-7-20(26)17-18(21)5-8-23(22)24(25)10-6-19(25)12-16-28-15-4-14-27(2)3/h7,9,12,17,22-24H,4-6,8,10-11,13-16,26H2,1-3H3/b19-12+. The highest BCUT2D eigenvalue weighted by molar-refractivity contribution is 5.47. The van der Waals surface area contributed by atoms with Crippen molar-refractivity contribution in [1.82, 2.24) is 4.90 Å². The minimum Gasteiger partial charge on any atom is -0.399 e. The smallest absolute Gasteiger partial charge is 0.0650 e. The van der Waals surface area contributed by atoms with E-state index in [0.717, 1.165) is 49.6 Å². The van der Waals surface area contributed by atoms with Crippen molar-refractivity contribution >= 4 is 5.69 Å². The van der Waals surface area contributed by atoms with Crippen LogP contribution in [-0.4, -0.2) is 38.8 Å². The molecule has 4 rings (SSSR count). The van der Waals surface area contributed by atoms with E-state index in [1.54, 1.807) is 11.1 Å². The first-order valence-corrected chi connectivity index (χ1v) is 11.3. The number of nitrogens with two attached hydrogens (primary N) is 1. The molecule has 0 aromatic heterocycles. The summed E-state index contributed by atoms with van der Waals surface area (Å²) in [5, 5.41) is 0. The van der Waals surface area contributed by atoms with Gasteiger partial charge in [-0.1, -0.05) is 24.6 Å². The van der Waals surface area contributed by atoms with Gasteiger partial charge in [0.1, 0.15) is 0 Å². The zero-order valence-corrected chi connectivity index (χ0v) is 18.0. The van der Waals surface area contributed by atoms with Crippen LogP contribution in [0.2, 0.25) is 0 Å². The van der Waals surface area contributed by atoms with Gasteiger partial charge in [-0.05, 0) is 112 Å². The highest BCUT2D eigenvalue weighted by atomic mass is 16.5. The molecule has 0 saturated heterocycles. The Balaban J connectivity index is 1.41. The van der Waals surface area contributed by atoms with Crippen molar-refractivity contribution in [2.24, 2.45) is 17.3 Å². The molecule has 1 aromatic carbocycles. The molecule has 3 aliphatic carbocycles. The summed E-state index contributed by atoms with van der Waals surface area (Å²) in [6, 6.07) is 6.67. The first kappa shape index (κ1) is 20.0. The van der Waals surface area contributed by atoms with Crippen LogP contribution in [0.1, 0.15) is 62.5 Å². The van der Waals surface area contributed by atoms with Crippen molar-refractivity contribution in [2.45, 2.75) is 57.8 Å². The fourth-order valence-corrected chi connectivity index (χ4v) is 6.51. The van der Waals surface area contributed by atoms with Crippen LogP contribution in [0.3, 0.4) is 0 Å². The summed E-state index contributed by atoms with van der Waals surface area (Å²) >= 11 is 0. The molecule has 0 radical (unpaired) electrons. The van der Waals surface area contributed by atoms with Crippen molar-refractivity contribution in [1.29, 1.82) is 0 Å². The molecule has 0 aliphatic heterocycles. The van der Waals surface area contributed by atoms with Gasteiger partial charge in [0.05, 0.1) is 6.61 Å². The molecule has 1 aromatic rings. The number of rotatable bonds is 6. The lowest BCUT2D eigenvalue weighted by Gasteiger charge is -2.49. The molecule has 4 unspecified atom stereocenters. The van der Waals surface area contributed by atoms with E-state index in [-0.39, 0.29) is 0 Å². The van der Waals surface area contributed by atoms with E-state index in [1.165, 1.54) is 44.1 Å². The third-order valence-electron chi connectivity index (χ3n) is 7.94. The van der Waals surface area contributed by atoms with Gasteiger partial charge in [0, 0.05) is 12.3 Å². The van der Waals surface area contributed by atoms with Gasteiger partial charge in [-0.2, -0.15) is 0 Å². The van der Waals surface area contributed by atoms with Crippen molar-refractivity contribution in [3.05, 3.63) is 41.0 Å². The number of hydrogen-bond donors (Lipinski definition) is 1. The molecule has 0 heterocycles. The molecule has 4 atom stereocenters. The number of nitrogen functional groups attached to an aromatic ring is 1. The van der Waals surface area contributed by atoms with Crippen LogP contribution in [0.5, 0.6) is 0 Å². The van der Waals surface area contributed by atoms with E-state index >= 15 is 0 Å². The number of allylic oxidation sites excluding steroid dienone is 1. The van der Waals surface area contributed by atoms with Crippen LogP contribution in [0.4, 0.5) is 5.69 Å². The van der Waals surface area contributed by atoms with Crippen LogP contribution in [0, 0.1) is 17.3 Å². The predicted octanol–water partition coefficient (Wildman–Crippen LogP) is 5.02. The Morgan fingerprint density at radius 1 is 1.21 bits per heavy atom. The third-order valence-corrected chi connectivity index (χ3v) is 7.94. The summed E-state index contributed by atoms with van der Waals surface area (Å²) in [6.45, 7) is 5.32. The Morgan fingerprint density at radius 2 is 2.07 bits per heavy atom. The van der Waals surface area contributed by atoms with Gasteiger partial charge in [0.25, 0.3) is 0 Å². The fourth-order valence-electron chi connectivity index (χ4n) is 6.51. The fraction of sp³-hybridized carbons (Fsp3) is 0.680. The average Bonchev–Trinajstić information content (AvgIpc) is 3.00. The van der Waals surface area contributed by atoms with Crippen LogP contribution >= 0.6 is 0 Å². The second-order valence-electron chi connectivity index (χ2n) is 9.83. The van der Waals surface area contributed by atoms with E-state index in [2.05, 4.69) is 50.2 Å². The van der Waals surface area contributed by atoms with Crippen LogP contribution in [-0.2, 0) is 11.2 Å². The second-order valence-corrected chi connectivity index (χ2v) is 9.83. The maximum Gasteiger partial charge on any atom is 0.0650 e. The summed E-state index contributed by atoms with van der Waals surface area (Å²) in [5.41, 5.74) is 12.2. The molecule has 154 valence electrons. The van der Waals surface area contributed by atoms with Crippen molar-refractivity contribution in [3.8, 4) is 0 Å². The zero-order valence-electron chi connectivity index (χ0n) is 18.0. The largest absolute Gasteiger partial charge is 0.399 e. The Morgan fingerprint density at radius 3 is 2.89 bits per heavy atom. The molecule has 0 spiro atoms. The molecule has 2 saturated carbocycles. The summed E-state index contributed by atoms with van der Waals surface area (Å²) < 4.78 is 5.92. The number of fused-ring (bicyclic) bond motifs is 5. The maximum absolute atomic E-state index is 6.04. The third kappa shape index (κ3) is 3.76. The predicted molar refractivity (Wildman–Crippen MR) is 118 cm³/mol. The van der Waals surface area contributed by atoms with E-state index in [1.807, 2.05) is 0 Å². The molecular weight excluding hydrogens is 344 g/mol. The van der Waals surface area contributed by atoms with Crippen molar-refractivity contribution in [2.75, 3.05) is 39.6 Å². The van der Waals surface area contributed by atoms with Gasteiger partial charge in [0.15, 0.2) is 0 Å². The van der Waals surface area contributed by atoms with Gasteiger partial charge < -0.3 is 15.4 Å². The summed E-state index contributed by atoms with van der Waals surface area (Å²) in [7, 11) is 4.24. The second kappa shape index (κ2) is 8.20. The van der Waals surface area contributed by atoms with Gasteiger partial charge in [0.2, 0.25) is 0 Å². The molecule has 2 fully saturated rings. The quantitative estimate of drug-likeness (QED) is 0.426. The topological polar surface area (TPSA) is 38.5 Å². The SMILES string of the molecule is CN(C)CCCOC/C=C1\CCC2C3CCc4cc(N)ccc4C3CCC12C. The molecular formula is C25H38N2O. The number of anilines is 1. The molecule has 3 heteroatoms. The Labute approximate surface area is 171 Å². The number of benzene rings is 1. The van der Waals surface area contributed by atoms with Crippen LogP contribution in [0.25, 0.3) is 0 Å². The van der Waals surface area contributed by atoms with E-state index in [9.17, 15) is 0 Å². The first-order chi connectivity index (χ1) is 13.5. The van der Waals surface area contributed by atoms with Gasteiger partial charge in [-0.15, -0.1) is 0 Å². The molecule has 0 bridgehead atoms. The maximum atomic E-state index is 6.04. The number of ether oxygens (including phenoxy) is 1. The minimum absolute atomic E-state index is 0.402. The van der Waals surface area contributed by atoms with E-state index in [0.29, 0.717) is 5.41 Å². The van der Waals surface area contributed by atoms with Gasteiger partial charge in [-0.25, -0.2) is 0 Å². The molecule has 3 nitrogen and oxygen atoms in total. The zero-order chi connectivity index (χ0) is 19.7. The van der Waals surface area contributed by atoms with E-state index < -0.39 is 0 Å². The highest BCUT2D eigenvalue weighted by Gasteiger charge is 2.52. The van der Waals surface area contributed by atoms with Crippen LogP contribution < -0.4 is 5.73 Å². The molecule has 28 heavy (non-hydrogen) atoms. The summed E-state index contributed by atoms with van der Waals surface area (Å²) in [6.07, 6.45) is 11.4. The Bertz CT molecular complexity index is 725. The highest BCUT2D eigenvalue weighted by Crippen LogP contribution is 2.62. The monoisotopic (exact) mass is 382 g/mol. The lowest BCUT2D eigenvalue weighted by Crippen LogP contribution is -2.40. The number of nitrogens with zero attached hydrogens (tertiary/aromatic N) is 1. The number of hydrogen-bond acceptors (Lipinski definition) is 3. The Hall–Kier alpha value is -1.32. The summed E-state index contributed by atoms with van der Waals surface area (Å²) in [4.78, 5) is 2.22. The number of aryl methyl sites for hydroxylation is 1. The summed E-state index contributed by atoms with van der Waals surface area (Å²) in [5.74, 6) is 2.45. The molecule has 0 amide bonds. The van der Waals surface area contributed by atoms with Crippen LogP contribution in [0.15, 0.2) is 29.8 Å². The lowest BCUT2D eigenvalue weighted by molar-refractivity contribution is 0.0803.